The lowest BCUT2D eigenvalue weighted by molar-refractivity contribution is 0.0285. The van der Waals surface area contributed by atoms with E-state index in [1.165, 1.54) is 12.1 Å². The second-order valence-electron chi connectivity index (χ2n) is 7.14. The first-order valence-electron chi connectivity index (χ1n) is 9.38. The zero-order valence-electron chi connectivity index (χ0n) is 16.7. The highest BCUT2D eigenvalue weighted by Gasteiger charge is 2.34. The van der Waals surface area contributed by atoms with E-state index in [0.717, 1.165) is 5.56 Å². The Bertz CT molecular complexity index is 899. The molecule has 0 unspecified atom stereocenters. The fraction of sp³-hybridized carbons (Fsp3) is 0.364. The van der Waals surface area contributed by atoms with Crippen LogP contribution in [0.4, 0.5) is 4.39 Å². The molecule has 1 saturated heterocycles. The number of halogens is 2. The van der Waals surface area contributed by atoms with E-state index in [1.807, 2.05) is 18.7 Å². The summed E-state index contributed by atoms with van der Waals surface area (Å²) in [5.74, 6) is 3.04. The van der Waals surface area contributed by atoms with Crippen molar-refractivity contribution in [3.05, 3.63) is 64.6 Å². The zero-order chi connectivity index (χ0) is 21.0. The van der Waals surface area contributed by atoms with Crippen molar-refractivity contribution in [3.8, 4) is 11.5 Å². The number of carbonyl (C=O) groups excluding carboxylic acids is 1. The molecule has 1 aliphatic rings. The molecule has 1 fully saturated rings. The number of methoxy groups -OCH3 is 1. The van der Waals surface area contributed by atoms with Crippen molar-refractivity contribution in [2.24, 2.45) is 0 Å². The molecule has 0 aliphatic carbocycles. The van der Waals surface area contributed by atoms with E-state index >= 15 is 0 Å². The lowest BCUT2D eigenvalue weighted by Crippen LogP contribution is -2.55. The van der Waals surface area contributed by atoms with Gasteiger partial charge < -0.3 is 14.4 Å². The first kappa shape index (κ1) is 21.2. The summed E-state index contributed by atoms with van der Waals surface area (Å²) < 4.78 is 24.3. The molecule has 2 aromatic rings. The van der Waals surface area contributed by atoms with Gasteiger partial charge in [-0.15, -0.1) is 0 Å². The minimum Gasteiger partial charge on any atom is -0.497 e. The average Bonchev–Trinajstić information content (AvgIpc) is 2.70. The van der Waals surface area contributed by atoms with Crippen LogP contribution in [-0.2, 0) is 11.3 Å². The summed E-state index contributed by atoms with van der Waals surface area (Å²) >= 11 is 6.09. The number of ether oxygens (including phenoxy) is 2. The summed E-state index contributed by atoms with van der Waals surface area (Å²) in [7, 11) is 1.57. The molecule has 0 saturated carbocycles. The highest BCUT2D eigenvalue weighted by molar-refractivity contribution is 6.30. The summed E-state index contributed by atoms with van der Waals surface area (Å²) in [5.41, 5.74) is 1.49. The quantitative estimate of drug-likeness (QED) is 0.660. The summed E-state index contributed by atoms with van der Waals surface area (Å²) in [4.78, 5) is 15.8. The Morgan fingerprint density at radius 3 is 2.52 bits per heavy atom. The van der Waals surface area contributed by atoms with Crippen LogP contribution in [0.1, 0.15) is 19.4 Å². The third kappa shape index (κ3) is 5.10. The SMILES string of the molecule is COc1cc(Cl)cc(OCN2C[C@@H](C)N(Cc3ccc(F)cc3)C(=C=O)[C@@H]2C)c1. The number of piperazine rings is 1. The molecule has 1 heterocycles. The summed E-state index contributed by atoms with van der Waals surface area (Å²) in [6.07, 6.45) is 0. The second kappa shape index (κ2) is 9.31. The smallest absolute Gasteiger partial charge is 0.147 e. The molecule has 29 heavy (non-hydrogen) atoms. The fourth-order valence-electron chi connectivity index (χ4n) is 3.48. The van der Waals surface area contributed by atoms with E-state index in [9.17, 15) is 9.18 Å². The molecule has 3 rings (SSSR count). The number of nitrogens with zero attached hydrogens (tertiary/aromatic N) is 2. The van der Waals surface area contributed by atoms with E-state index in [2.05, 4.69) is 10.8 Å². The predicted octanol–water partition coefficient (Wildman–Crippen LogP) is 4.13. The lowest BCUT2D eigenvalue weighted by Gasteiger charge is -2.45. The van der Waals surface area contributed by atoms with Crippen molar-refractivity contribution in [2.45, 2.75) is 32.5 Å². The molecule has 0 spiro atoms. The normalized spacial score (nSPS) is 19.8. The first-order valence-corrected chi connectivity index (χ1v) is 9.76. The maximum absolute atomic E-state index is 13.2. The minimum absolute atomic E-state index is 0.0604. The van der Waals surface area contributed by atoms with Crippen molar-refractivity contribution >= 4 is 17.5 Å². The topological polar surface area (TPSA) is 42.0 Å². The van der Waals surface area contributed by atoms with Crippen molar-refractivity contribution < 1.29 is 18.7 Å². The number of hydrogen-bond donors (Lipinski definition) is 0. The third-order valence-corrected chi connectivity index (χ3v) is 5.35. The van der Waals surface area contributed by atoms with Gasteiger partial charge in [-0.05, 0) is 43.7 Å². The lowest BCUT2D eigenvalue weighted by atomic mass is 10.0. The van der Waals surface area contributed by atoms with Crippen molar-refractivity contribution in [1.29, 1.82) is 0 Å². The Morgan fingerprint density at radius 1 is 1.17 bits per heavy atom. The highest BCUT2D eigenvalue weighted by Crippen LogP contribution is 2.28. The number of benzene rings is 2. The van der Waals surface area contributed by atoms with Crippen molar-refractivity contribution in [2.75, 3.05) is 20.4 Å². The van der Waals surface area contributed by atoms with Gasteiger partial charge in [-0.2, -0.15) is 0 Å². The van der Waals surface area contributed by atoms with Gasteiger partial charge >= 0.3 is 0 Å². The molecule has 2 aromatic carbocycles. The van der Waals surface area contributed by atoms with E-state index in [4.69, 9.17) is 21.1 Å². The van der Waals surface area contributed by atoms with Crippen LogP contribution in [-0.4, -0.2) is 48.2 Å². The maximum Gasteiger partial charge on any atom is 0.147 e. The fourth-order valence-corrected chi connectivity index (χ4v) is 3.69. The van der Waals surface area contributed by atoms with Gasteiger partial charge in [0.05, 0.1) is 13.2 Å². The molecular formula is C22H24ClFN2O3. The number of rotatable bonds is 6. The van der Waals surface area contributed by atoms with Gasteiger partial charge in [0.2, 0.25) is 0 Å². The molecule has 154 valence electrons. The van der Waals surface area contributed by atoms with Gasteiger partial charge in [0.1, 0.15) is 35.7 Å². The first-order chi connectivity index (χ1) is 13.9. The van der Waals surface area contributed by atoms with Gasteiger partial charge in [-0.3, -0.25) is 4.90 Å². The predicted molar refractivity (Wildman–Crippen MR) is 110 cm³/mol. The van der Waals surface area contributed by atoms with Gasteiger partial charge in [-0.25, -0.2) is 9.18 Å². The maximum atomic E-state index is 13.2. The van der Waals surface area contributed by atoms with Crippen LogP contribution >= 0.6 is 11.6 Å². The van der Waals surface area contributed by atoms with Crippen LogP contribution in [0.5, 0.6) is 11.5 Å². The van der Waals surface area contributed by atoms with E-state index in [1.54, 1.807) is 37.4 Å². The Morgan fingerprint density at radius 2 is 1.86 bits per heavy atom. The molecule has 1 aliphatic heterocycles. The van der Waals surface area contributed by atoms with E-state index < -0.39 is 0 Å². The zero-order valence-corrected chi connectivity index (χ0v) is 17.4. The number of hydrogen-bond acceptors (Lipinski definition) is 5. The Labute approximate surface area is 175 Å². The summed E-state index contributed by atoms with van der Waals surface area (Å²) in [6.45, 7) is 5.51. The second-order valence-corrected chi connectivity index (χ2v) is 7.57. The molecule has 0 radical (unpaired) electrons. The van der Waals surface area contributed by atoms with Crippen LogP contribution in [0.15, 0.2) is 48.2 Å². The molecule has 0 amide bonds. The average molecular weight is 419 g/mol. The van der Waals surface area contributed by atoms with Gasteiger partial charge in [0, 0.05) is 30.2 Å². The molecular weight excluding hydrogens is 395 g/mol. The summed E-state index contributed by atoms with van der Waals surface area (Å²) in [6, 6.07) is 11.4. The van der Waals surface area contributed by atoms with Gasteiger partial charge in [0.15, 0.2) is 0 Å². The Hall–Kier alpha value is -2.53. The molecule has 5 nitrogen and oxygen atoms in total. The largest absolute Gasteiger partial charge is 0.497 e. The minimum atomic E-state index is -0.277. The highest BCUT2D eigenvalue weighted by atomic mass is 35.5. The molecule has 0 N–H and O–H groups in total. The molecule has 2 atom stereocenters. The van der Waals surface area contributed by atoms with Crippen LogP contribution in [0.2, 0.25) is 5.02 Å². The van der Waals surface area contributed by atoms with Crippen LogP contribution in [0.25, 0.3) is 0 Å². The van der Waals surface area contributed by atoms with Crippen molar-refractivity contribution in [3.63, 3.8) is 0 Å². The Kier molecular flexibility index (Phi) is 6.80. The van der Waals surface area contributed by atoms with Crippen LogP contribution in [0.3, 0.4) is 0 Å². The van der Waals surface area contributed by atoms with E-state index in [0.29, 0.717) is 42.0 Å². The van der Waals surface area contributed by atoms with Gasteiger partial charge in [-0.1, -0.05) is 23.7 Å². The van der Waals surface area contributed by atoms with Gasteiger partial charge in [0.25, 0.3) is 0 Å². The third-order valence-electron chi connectivity index (χ3n) is 5.13. The standard InChI is InChI=1S/C22H24ClFN2O3/c1-15-11-25(14-29-21-9-18(23)8-20(10-21)28-3)16(2)22(13-27)26(15)12-17-4-6-19(24)7-5-17/h4-10,15-16H,11-12,14H2,1-3H3/t15-,16+/m1/s1. The molecule has 0 aromatic heterocycles. The van der Waals surface area contributed by atoms with Crippen LogP contribution in [0, 0.1) is 5.82 Å². The molecule has 7 heteroatoms. The van der Waals surface area contributed by atoms with Crippen molar-refractivity contribution in [1.82, 2.24) is 9.80 Å². The Balaban J connectivity index is 1.70. The van der Waals surface area contributed by atoms with Crippen LogP contribution < -0.4 is 9.47 Å². The molecule has 0 bridgehead atoms. The summed E-state index contributed by atoms with van der Waals surface area (Å²) in [5, 5.41) is 0.526. The van der Waals surface area contributed by atoms with E-state index in [-0.39, 0.29) is 17.9 Å². The monoisotopic (exact) mass is 418 g/mol.